The van der Waals surface area contributed by atoms with Gasteiger partial charge in [-0.15, -0.1) is 0 Å². The highest BCUT2D eigenvalue weighted by molar-refractivity contribution is 5.83. The van der Waals surface area contributed by atoms with Crippen LogP contribution < -0.4 is 0 Å². The molecule has 0 spiro atoms. The largest absolute Gasteiger partial charge is 0.341 e. The Morgan fingerprint density at radius 1 is 1.14 bits per heavy atom. The first kappa shape index (κ1) is 19.6. The molecule has 1 atom stereocenters. The van der Waals surface area contributed by atoms with Crippen molar-refractivity contribution in [2.45, 2.75) is 32.6 Å². The normalized spacial score (nSPS) is 20.3. The van der Waals surface area contributed by atoms with E-state index in [0.717, 1.165) is 36.0 Å². The van der Waals surface area contributed by atoms with Gasteiger partial charge in [0, 0.05) is 44.5 Å². The van der Waals surface area contributed by atoms with E-state index in [4.69, 9.17) is 0 Å². The highest BCUT2D eigenvalue weighted by Crippen LogP contribution is 2.30. The standard InChI is InChI=1S/C24H29N3O2/c1-2-26-12-13-27(23(28)19-7-4-8-19)17-22(24(26)29)15-18-6-3-9-20(14-18)21-10-5-11-25-16-21/h3,5-6,9-11,14,16,19,22H,2,4,7-8,12-13,15,17H2,1H3. The van der Waals surface area contributed by atoms with Crippen LogP contribution in [0, 0.1) is 11.8 Å². The van der Waals surface area contributed by atoms with Crippen molar-refractivity contribution in [2.24, 2.45) is 11.8 Å². The molecule has 2 aromatic rings. The summed E-state index contributed by atoms with van der Waals surface area (Å²) in [5.74, 6) is 0.401. The summed E-state index contributed by atoms with van der Waals surface area (Å²) < 4.78 is 0. The molecule has 1 aliphatic carbocycles. The molecule has 1 aromatic heterocycles. The minimum Gasteiger partial charge on any atom is -0.341 e. The molecule has 0 bridgehead atoms. The maximum absolute atomic E-state index is 13.1. The third kappa shape index (κ3) is 4.34. The number of amides is 2. The van der Waals surface area contributed by atoms with E-state index in [2.05, 4.69) is 23.2 Å². The Morgan fingerprint density at radius 2 is 1.97 bits per heavy atom. The van der Waals surface area contributed by atoms with Crippen LogP contribution in [0.3, 0.4) is 0 Å². The van der Waals surface area contributed by atoms with Gasteiger partial charge in [-0.25, -0.2) is 0 Å². The van der Waals surface area contributed by atoms with Crippen molar-refractivity contribution in [2.75, 3.05) is 26.2 Å². The summed E-state index contributed by atoms with van der Waals surface area (Å²) in [6.07, 6.45) is 7.42. The van der Waals surface area contributed by atoms with Crippen LogP contribution in [-0.2, 0) is 16.0 Å². The molecule has 29 heavy (non-hydrogen) atoms. The van der Waals surface area contributed by atoms with Crippen molar-refractivity contribution in [1.29, 1.82) is 0 Å². The Kier molecular flexibility index (Phi) is 5.93. The van der Waals surface area contributed by atoms with E-state index >= 15 is 0 Å². The molecular weight excluding hydrogens is 362 g/mol. The summed E-state index contributed by atoms with van der Waals surface area (Å²) in [7, 11) is 0. The van der Waals surface area contributed by atoms with Crippen molar-refractivity contribution in [1.82, 2.24) is 14.8 Å². The van der Waals surface area contributed by atoms with Crippen LogP contribution in [0.2, 0.25) is 0 Å². The molecular formula is C24H29N3O2. The van der Waals surface area contributed by atoms with Crippen LogP contribution in [0.25, 0.3) is 11.1 Å². The lowest BCUT2D eigenvalue weighted by Gasteiger charge is -2.31. The monoisotopic (exact) mass is 391 g/mol. The Balaban J connectivity index is 1.54. The maximum atomic E-state index is 13.1. The van der Waals surface area contributed by atoms with Gasteiger partial charge in [0.15, 0.2) is 0 Å². The smallest absolute Gasteiger partial charge is 0.227 e. The third-order valence-corrected chi connectivity index (χ3v) is 6.29. The number of nitrogens with zero attached hydrogens (tertiary/aromatic N) is 3. The van der Waals surface area contributed by atoms with Crippen LogP contribution in [0.15, 0.2) is 48.8 Å². The Morgan fingerprint density at radius 3 is 2.66 bits per heavy atom. The zero-order valence-corrected chi connectivity index (χ0v) is 17.1. The van der Waals surface area contributed by atoms with Crippen molar-refractivity contribution in [3.63, 3.8) is 0 Å². The van der Waals surface area contributed by atoms with Crippen LogP contribution in [0.1, 0.15) is 31.7 Å². The van der Waals surface area contributed by atoms with Crippen molar-refractivity contribution >= 4 is 11.8 Å². The minimum atomic E-state index is -0.189. The number of rotatable bonds is 5. The van der Waals surface area contributed by atoms with Gasteiger partial charge in [-0.2, -0.15) is 0 Å². The first-order valence-corrected chi connectivity index (χ1v) is 10.7. The van der Waals surface area contributed by atoms with E-state index in [1.807, 2.05) is 41.1 Å². The topological polar surface area (TPSA) is 53.5 Å². The molecule has 0 N–H and O–H groups in total. The summed E-state index contributed by atoms with van der Waals surface area (Å²) in [6.45, 7) is 4.53. The fourth-order valence-electron chi connectivity index (χ4n) is 4.32. The number of benzene rings is 1. The molecule has 2 heterocycles. The summed E-state index contributed by atoms with van der Waals surface area (Å²) in [5.41, 5.74) is 3.30. The predicted molar refractivity (Wildman–Crippen MR) is 113 cm³/mol. The highest BCUT2D eigenvalue weighted by atomic mass is 16.2. The van der Waals surface area contributed by atoms with Crippen LogP contribution >= 0.6 is 0 Å². The Bertz CT molecular complexity index is 863. The van der Waals surface area contributed by atoms with E-state index in [9.17, 15) is 9.59 Å². The van der Waals surface area contributed by atoms with Gasteiger partial charge in [-0.1, -0.05) is 36.8 Å². The van der Waals surface area contributed by atoms with E-state index in [-0.39, 0.29) is 23.7 Å². The lowest BCUT2D eigenvalue weighted by molar-refractivity contribution is -0.138. The van der Waals surface area contributed by atoms with Gasteiger partial charge in [-0.3, -0.25) is 14.6 Å². The number of pyridine rings is 1. The minimum absolute atomic E-state index is 0.170. The number of hydrogen-bond donors (Lipinski definition) is 0. The zero-order chi connectivity index (χ0) is 20.2. The van der Waals surface area contributed by atoms with Gasteiger partial charge in [0.1, 0.15) is 0 Å². The van der Waals surface area contributed by atoms with Gasteiger partial charge in [0.05, 0.1) is 5.92 Å². The van der Waals surface area contributed by atoms with E-state index < -0.39 is 0 Å². The highest BCUT2D eigenvalue weighted by Gasteiger charge is 2.35. The van der Waals surface area contributed by atoms with Crippen LogP contribution in [-0.4, -0.2) is 52.8 Å². The summed E-state index contributed by atoms with van der Waals surface area (Å²) in [6, 6.07) is 12.3. The Hall–Kier alpha value is -2.69. The number of carbonyl (C=O) groups is 2. The third-order valence-electron chi connectivity index (χ3n) is 6.29. The van der Waals surface area contributed by atoms with E-state index in [1.54, 1.807) is 6.20 Å². The van der Waals surface area contributed by atoms with Gasteiger partial charge in [0.2, 0.25) is 11.8 Å². The molecule has 1 saturated carbocycles. The SMILES string of the molecule is CCN1CCN(C(=O)C2CCC2)CC(Cc2cccc(-c3cccnc3)c2)C1=O. The van der Waals surface area contributed by atoms with Gasteiger partial charge in [0.25, 0.3) is 0 Å². The molecule has 5 heteroatoms. The lowest BCUT2D eigenvalue weighted by atomic mass is 9.84. The quantitative estimate of drug-likeness (QED) is 0.785. The van der Waals surface area contributed by atoms with Gasteiger partial charge in [-0.05, 0) is 48.9 Å². The second kappa shape index (κ2) is 8.76. The molecule has 1 aromatic carbocycles. The second-order valence-corrected chi connectivity index (χ2v) is 8.17. The second-order valence-electron chi connectivity index (χ2n) is 8.17. The van der Waals surface area contributed by atoms with Crippen molar-refractivity contribution in [3.05, 3.63) is 54.4 Å². The number of likely N-dealkylation sites (N-methyl/N-ethyl adjacent to an activating group) is 1. The molecule has 2 aliphatic rings. The number of hydrogen-bond acceptors (Lipinski definition) is 3. The molecule has 2 amide bonds. The molecule has 152 valence electrons. The van der Waals surface area contributed by atoms with E-state index in [0.29, 0.717) is 32.6 Å². The van der Waals surface area contributed by atoms with Crippen LogP contribution in [0.4, 0.5) is 0 Å². The molecule has 2 fully saturated rings. The summed E-state index contributed by atoms with van der Waals surface area (Å²) >= 11 is 0. The van der Waals surface area contributed by atoms with Crippen molar-refractivity contribution in [3.8, 4) is 11.1 Å². The number of aromatic nitrogens is 1. The van der Waals surface area contributed by atoms with Crippen LogP contribution in [0.5, 0.6) is 0 Å². The summed E-state index contributed by atoms with van der Waals surface area (Å²) in [4.78, 5) is 34.1. The maximum Gasteiger partial charge on any atom is 0.227 e. The first-order valence-electron chi connectivity index (χ1n) is 10.7. The molecule has 5 nitrogen and oxygen atoms in total. The molecule has 1 unspecified atom stereocenters. The first-order chi connectivity index (χ1) is 14.2. The predicted octanol–water partition coefficient (Wildman–Crippen LogP) is 3.40. The number of carbonyl (C=O) groups excluding carboxylic acids is 2. The van der Waals surface area contributed by atoms with Gasteiger partial charge < -0.3 is 9.80 Å². The zero-order valence-electron chi connectivity index (χ0n) is 17.1. The average molecular weight is 392 g/mol. The molecule has 4 rings (SSSR count). The molecule has 1 saturated heterocycles. The van der Waals surface area contributed by atoms with E-state index in [1.165, 1.54) is 0 Å². The van der Waals surface area contributed by atoms with Crippen molar-refractivity contribution < 1.29 is 9.59 Å². The Labute approximate surface area is 172 Å². The molecule has 0 radical (unpaired) electrons. The van der Waals surface area contributed by atoms with Gasteiger partial charge >= 0.3 is 0 Å². The average Bonchev–Trinajstić information content (AvgIpc) is 2.86. The molecule has 1 aliphatic heterocycles. The summed E-state index contributed by atoms with van der Waals surface area (Å²) in [5, 5.41) is 0. The lowest BCUT2D eigenvalue weighted by Crippen LogP contribution is -2.42. The fraction of sp³-hybridized carbons (Fsp3) is 0.458. The fourth-order valence-corrected chi connectivity index (χ4v) is 4.32.